The first-order chi connectivity index (χ1) is 11.2. The van der Waals surface area contributed by atoms with E-state index >= 15 is 0 Å². The third-order valence-electron chi connectivity index (χ3n) is 6.49. The van der Waals surface area contributed by atoms with Gasteiger partial charge in [-0.3, -0.25) is 0 Å². The Morgan fingerprint density at radius 3 is 2.04 bits per heavy atom. The largest absolute Gasteiger partial charge is 0.331 e. The van der Waals surface area contributed by atoms with Crippen LogP contribution in [0.3, 0.4) is 0 Å². The predicted molar refractivity (Wildman–Crippen MR) is 94.2 cm³/mol. The number of ether oxygens (including phenoxy) is 3. The average molecular weight is 327 g/mol. The van der Waals surface area contributed by atoms with E-state index in [1.807, 2.05) is 0 Å². The number of fused-ring (bicyclic) bond motifs is 2. The molecule has 0 aromatic carbocycles. The van der Waals surface area contributed by atoms with Gasteiger partial charge in [0.05, 0.1) is 0 Å². The van der Waals surface area contributed by atoms with Gasteiger partial charge in [-0.05, 0) is 43.4 Å². The fourth-order valence-electron chi connectivity index (χ4n) is 5.29. The lowest BCUT2D eigenvalue weighted by molar-refractivity contribution is -0.387. The van der Waals surface area contributed by atoms with Crippen molar-refractivity contribution in [2.75, 3.05) is 21.3 Å². The molecule has 2 saturated carbocycles. The summed E-state index contributed by atoms with van der Waals surface area (Å²) < 4.78 is 17.3. The van der Waals surface area contributed by atoms with Gasteiger partial charge in [-0.1, -0.05) is 51.9 Å². The van der Waals surface area contributed by atoms with Crippen molar-refractivity contribution in [2.24, 2.45) is 23.7 Å². The molecule has 3 nitrogen and oxygen atoms in total. The maximum Gasteiger partial charge on any atom is 0.285 e. The SMILES string of the molecule is CCCCCCCCC(C1CC2CCC1C2)C(OC)(OC)OC. The van der Waals surface area contributed by atoms with Crippen molar-refractivity contribution >= 4 is 0 Å². The maximum atomic E-state index is 5.77. The summed E-state index contributed by atoms with van der Waals surface area (Å²) in [5.74, 6) is 2.04. The number of hydrogen-bond acceptors (Lipinski definition) is 3. The second kappa shape index (κ2) is 9.39. The van der Waals surface area contributed by atoms with Crippen molar-refractivity contribution < 1.29 is 14.2 Å². The molecule has 0 aliphatic heterocycles. The van der Waals surface area contributed by atoms with Gasteiger partial charge in [-0.15, -0.1) is 0 Å². The van der Waals surface area contributed by atoms with E-state index in [2.05, 4.69) is 6.92 Å². The van der Waals surface area contributed by atoms with Gasteiger partial charge in [0.25, 0.3) is 5.97 Å². The van der Waals surface area contributed by atoms with Crippen molar-refractivity contribution in [3.05, 3.63) is 0 Å². The summed E-state index contributed by atoms with van der Waals surface area (Å²) in [6.45, 7) is 2.27. The molecule has 136 valence electrons. The molecule has 2 aliphatic rings. The summed E-state index contributed by atoms with van der Waals surface area (Å²) in [7, 11) is 5.19. The molecule has 0 amide bonds. The van der Waals surface area contributed by atoms with Gasteiger partial charge in [0.15, 0.2) is 0 Å². The van der Waals surface area contributed by atoms with Crippen LogP contribution in [-0.4, -0.2) is 27.3 Å². The van der Waals surface area contributed by atoms with Crippen LogP contribution in [0.1, 0.15) is 77.6 Å². The second-order valence-electron chi connectivity index (χ2n) is 7.72. The van der Waals surface area contributed by atoms with Crippen molar-refractivity contribution in [1.29, 1.82) is 0 Å². The van der Waals surface area contributed by atoms with Crippen LogP contribution in [-0.2, 0) is 14.2 Å². The zero-order valence-corrected chi connectivity index (χ0v) is 15.8. The average Bonchev–Trinajstić information content (AvgIpc) is 3.21. The van der Waals surface area contributed by atoms with E-state index in [-0.39, 0.29) is 0 Å². The molecule has 2 fully saturated rings. The monoisotopic (exact) mass is 326 g/mol. The lowest BCUT2D eigenvalue weighted by atomic mass is 9.75. The van der Waals surface area contributed by atoms with E-state index in [4.69, 9.17) is 14.2 Å². The Labute approximate surface area is 143 Å². The molecule has 4 unspecified atom stereocenters. The molecule has 23 heavy (non-hydrogen) atoms. The normalized spacial score (nSPS) is 28.4. The number of rotatable bonds is 12. The number of unbranched alkanes of at least 4 members (excludes halogenated alkanes) is 5. The highest BCUT2D eigenvalue weighted by molar-refractivity contribution is 4.95. The summed E-state index contributed by atoms with van der Waals surface area (Å²) in [6, 6.07) is 0. The van der Waals surface area contributed by atoms with E-state index in [0.717, 1.165) is 18.3 Å². The van der Waals surface area contributed by atoms with Gasteiger partial charge in [0.1, 0.15) is 0 Å². The number of methoxy groups -OCH3 is 3. The second-order valence-corrected chi connectivity index (χ2v) is 7.72. The zero-order chi connectivity index (χ0) is 16.7. The zero-order valence-electron chi connectivity index (χ0n) is 15.8. The minimum absolute atomic E-state index is 0.365. The first kappa shape index (κ1) is 19.2. The molecule has 0 saturated heterocycles. The van der Waals surface area contributed by atoms with E-state index in [1.165, 1.54) is 64.2 Å². The molecule has 2 rings (SSSR count). The first-order valence-electron chi connectivity index (χ1n) is 9.86. The van der Waals surface area contributed by atoms with Crippen molar-refractivity contribution in [1.82, 2.24) is 0 Å². The van der Waals surface area contributed by atoms with Crippen LogP contribution in [0.15, 0.2) is 0 Å². The molecule has 0 spiro atoms. The van der Waals surface area contributed by atoms with Gasteiger partial charge in [-0.2, -0.15) is 0 Å². The van der Waals surface area contributed by atoms with E-state index < -0.39 is 5.97 Å². The Hall–Kier alpha value is -0.120. The Balaban J connectivity index is 1.94. The summed E-state index contributed by atoms with van der Waals surface area (Å²) in [5, 5.41) is 0. The quantitative estimate of drug-likeness (QED) is 0.356. The summed E-state index contributed by atoms with van der Waals surface area (Å²) >= 11 is 0. The van der Waals surface area contributed by atoms with E-state index in [0.29, 0.717) is 11.8 Å². The summed E-state index contributed by atoms with van der Waals surface area (Å²) in [5.41, 5.74) is 0. The van der Waals surface area contributed by atoms with Crippen LogP contribution in [0.2, 0.25) is 0 Å². The van der Waals surface area contributed by atoms with Crippen LogP contribution in [0.5, 0.6) is 0 Å². The van der Waals surface area contributed by atoms with Gasteiger partial charge in [0, 0.05) is 27.2 Å². The minimum atomic E-state index is -0.849. The Morgan fingerprint density at radius 1 is 0.870 bits per heavy atom. The van der Waals surface area contributed by atoms with Crippen molar-refractivity contribution in [3.63, 3.8) is 0 Å². The van der Waals surface area contributed by atoms with E-state index in [1.54, 1.807) is 21.3 Å². The molecule has 4 atom stereocenters. The van der Waals surface area contributed by atoms with Crippen molar-refractivity contribution in [2.45, 2.75) is 83.5 Å². The summed E-state index contributed by atoms with van der Waals surface area (Å²) in [4.78, 5) is 0. The standard InChI is InChI=1S/C20H38O3/c1-5-6-7-8-9-10-11-19(20(21-2,22-3)23-4)18-15-16-12-13-17(18)14-16/h16-19H,5-15H2,1-4H3. The fourth-order valence-corrected chi connectivity index (χ4v) is 5.29. The molecular formula is C20H38O3. The topological polar surface area (TPSA) is 27.7 Å². The molecule has 2 aliphatic carbocycles. The van der Waals surface area contributed by atoms with Crippen molar-refractivity contribution in [3.8, 4) is 0 Å². The minimum Gasteiger partial charge on any atom is -0.331 e. The lowest BCUT2D eigenvalue weighted by Gasteiger charge is -2.42. The highest BCUT2D eigenvalue weighted by atomic mass is 16.9. The van der Waals surface area contributed by atoms with Crippen LogP contribution >= 0.6 is 0 Å². The molecule has 0 aromatic rings. The molecule has 0 radical (unpaired) electrons. The molecule has 0 aromatic heterocycles. The van der Waals surface area contributed by atoms with Gasteiger partial charge in [0.2, 0.25) is 0 Å². The third-order valence-corrected chi connectivity index (χ3v) is 6.49. The third kappa shape index (κ3) is 4.49. The molecular weight excluding hydrogens is 288 g/mol. The van der Waals surface area contributed by atoms with Crippen LogP contribution < -0.4 is 0 Å². The highest BCUT2D eigenvalue weighted by Crippen LogP contribution is 2.54. The summed E-state index contributed by atoms with van der Waals surface area (Å²) in [6.07, 6.45) is 14.8. The fraction of sp³-hybridized carbons (Fsp3) is 1.00. The van der Waals surface area contributed by atoms with Crippen LogP contribution in [0, 0.1) is 23.7 Å². The molecule has 3 heteroatoms. The molecule has 0 N–H and O–H groups in total. The van der Waals surface area contributed by atoms with Gasteiger partial charge >= 0.3 is 0 Å². The highest BCUT2D eigenvalue weighted by Gasteiger charge is 2.51. The number of hydrogen-bond donors (Lipinski definition) is 0. The first-order valence-corrected chi connectivity index (χ1v) is 9.86. The van der Waals surface area contributed by atoms with Gasteiger partial charge in [-0.25, -0.2) is 0 Å². The van der Waals surface area contributed by atoms with Crippen LogP contribution in [0.25, 0.3) is 0 Å². The Bertz CT molecular complexity index is 319. The van der Waals surface area contributed by atoms with E-state index in [9.17, 15) is 0 Å². The predicted octanol–water partition coefficient (Wildman–Crippen LogP) is 5.38. The molecule has 2 bridgehead atoms. The smallest absolute Gasteiger partial charge is 0.285 e. The lowest BCUT2D eigenvalue weighted by Crippen LogP contribution is -2.48. The maximum absolute atomic E-state index is 5.77. The van der Waals surface area contributed by atoms with Crippen LogP contribution in [0.4, 0.5) is 0 Å². The Kier molecular flexibility index (Phi) is 7.84. The van der Waals surface area contributed by atoms with Gasteiger partial charge < -0.3 is 14.2 Å². The Morgan fingerprint density at radius 2 is 1.52 bits per heavy atom. The molecule has 0 heterocycles.